The Labute approximate surface area is 113 Å². The first-order chi connectivity index (χ1) is 9.08. The Hall–Kier alpha value is -0.980. The van der Waals surface area contributed by atoms with Crippen LogP contribution in [0.3, 0.4) is 0 Å². The maximum absolute atomic E-state index is 9.16. The number of aliphatic hydroxyl groups is 1. The van der Waals surface area contributed by atoms with Crippen LogP contribution in [-0.2, 0) is 17.7 Å². The van der Waals surface area contributed by atoms with Crippen LogP contribution in [-0.4, -0.2) is 52.1 Å². The van der Waals surface area contributed by atoms with Gasteiger partial charge in [0.25, 0.3) is 0 Å². The van der Waals surface area contributed by atoms with E-state index in [2.05, 4.69) is 35.8 Å². The monoisotopic (exact) mass is 269 g/mol. The third-order valence-electron chi connectivity index (χ3n) is 3.28. The lowest BCUT2D eigenvalue weighted by atomic mass is 10.1. The van der Waals surface area contributed by atoms with Gasteiger partial charge in [0.15, 0.2) is 5.82 Å². The minimum Gasteiger partial charge on any atom is -0.394 e. The molecule has 1 aromatic rings. The van der Waals surface area contributed by atoms with E-state index in [1.807, 2.05) is 0 Å². The van der Waals surface area contributed by atoms with E-state index in [1.54, 1.807) is 0 Å². The lowest BCUT2D eigenvalue weighted by Gasteiger charge is -2.36. The van der Waals surface area contributed by atoms with E-state index < -0.39 is 0 Å². The van der Waals surface area contributed by atoms with Gasteiger partial charge in [0.1, 0.15) is 0 Å². The second-order valence-corrected chi connectivity index (χ2v) is 5.62. The summed E-state index contributed by atoms with van der Waals surface area (Å²) in [4.78, 5) is 6.61. The van der Waals surface area contributed by atoms with E-state index in [0.717, 1.165) is 12.2 Å². The molecule has 0 aromatic carbocycles. The van der Waals surface area contributed by atoms with Gasteiger partial charge in [0.2, 0.25) is 5.89 Å². The molecule has 1 aliphatic rings. The number of morpholine rings is 1. The Kier molecular flexibility index (Phi) is 4.90. The van der Waals surface area contributed by atoms with Crippen molar-refractivity contribution in [1.82, 2.24) is 15.0 Å². The highest BCUT2D eigenvalue weighted by Gasteiger charge is 2.27. The molecular weight excluding hydrogens is 246 g/mol. The predicted molar refractivity (Wildman–Crippen MR) is 69.5 cm³/mol. The van der Waals surface area contributed by atoms with Crippen LogP contribution in [0, 0.1) is 5.92 Å². The average Bonchev–Trinajstić information content (AvgIpc) is 2.78. The van der Waals surface area contributed by atoms with Crippen molar-refractivity contribution in [3.8, 4) is 0 Å². The smallest absolute Gasteiger partial charge is 0.240 e. The zero-order valence-electron chi connectivity index (χ0n) is 11.9. The van der Waals surface area contributed by atoms with Gasteiger partial charge in [-0.1, -0.05) is 19.0 Å². The minimum atomic E-state index is -0.116. The van der Waals surface area contributed by atoms with Crippen LogP contribution in [0.2, 0.25) is 0 Å². The summed E-state index contributed by atoms with van der Waals surface area (Å²) in [5.74, 6) is 1.93. The van der Waals surface area contributed by atoms with Crippen LogP contribution in [0.4, 0.5) is 0 Å². The SMILES string of the molecule is CC(C)Cc1noc(CN2CC(CO)OCC2C)n1. The van der Waals surface area contributed by atoms with Gasteiger partial charge in [-0.2, -0.15) is 4.98 Å². The number of aromatic nitrogens is 2. The molecule has 108 valence electrons. The highest BCUT2D eigenvalue weighted by Crippen LogP contribution is 2.15. The van der Waals surface area contributed by atoms with Crippen molar-refractivity contribution in [2.75, 3.05) is 19.8 Å². The first-order valence-electron chi connectivity index (χ1n) is 6.86. The first-order valence-corrected chi connectivity index (χ1v) is 6.86. The van der Waals surface area contributed by atoms with E-state index in [9.17, 15) is 0 Å². The summed E-state index contributed by atoms with van der Waals surface area (Å²) in [6.07, 6.45) is 0.718. The van der Waals surface area contributed by atoms with Gasteiger partial charge < -0.3 is 14.4 Å². The highest BCUT2D eigenvalue weighted by atomic mass is 16.5. The molecule has 2 heterocycles. The normalized spacial score (nSPS) is 25.1. The van der Waals surface area contributed by atoms with Gasteiger partial charge in [0, 0.05) is 19.0 Å². The van der Waals surface area contributed by atoms with Crippen LogP contribution >= 0.6 is 0 Å². The highest BCUT2D eigenvalue weighted by molar-refractivity contribution is 4.89. The number of aliphatic hydroxyl groups excluding tert-OH is 1. The molecule has 0 bridgehead atoms. The fourth-order valence-corrected chi connectivity index (χ4v) is 2.18. The molecular formula is C13H23N3O3. The molecule has 6 nitrogen and oxygen atoms in total. The van der Waals surface area contributed by atoms with Gasteiger partial charge in [-0.15, -0.1) is 0 Å². The van der Waals surface area contributed by atoms with Crippen LogP contribution in [0.25, 0.3) is 0 Å². The third kappa shape index (κ3) is 3.99. The number of nitrogens with zero attached hydrogens (tertiary/aromatic N) is 3. The third-order valence-corrected chi connectivity index (χ3v) is 3.28. The molecule has 1 saturated heterocycles. The number of rotatable bonds is 5. The molecule has 0 amide bonds. The predicted octanol–water partition coefficient (Wildman–Crippen LogP) is 0.850. The standard InChI is InChI=1S/C13H23N3O3/c1-9(2)4-12-14-13(19-15-12)6-16-5-11(7-17)18-8-10(16)3/h9-11,17H,4-8H2,1-3H3. The van der Waals surface area contributed by atoms with Crippen molar-refractivity contribution >= 4 is 0 Å². The maximum Gasteiger partial charge on any atom is 0.240 e. The molecule has 0 radical (unpaired) electrons. The molecule has 0 aliphatic carbocycles. The molecule has 19 heavy (non-hydrogen) atoms. The van der Waals surface area contributed by atoms with Gasteiger partial charge in [0.05, 0.1) is 25.9 Å². The van der Waals surface area contributed by atoms with E-state index >= 15 is 0 Å². The molecule has 6 heteroatoms. The number of ether oxygens (including phenoxy) is 1. The molecule has 1 N–H and O–H groups in total. The van der Waals surface area contributed by atoms with Gasteiger partial charge in [-0.3, -0.25) is 4.90 Å². The van der Waals surface area contributed by atoms with Crippen molar-refractivity contribution < 1.29 is 14.4 Å². The molecule has 1 fully saturated rings. The Morgan fingerprint density at radius 3 is 2.95 bits per heavy atom. The summed E-state index contributed by atoms with van der Waals surface area (Å²) in [7, 11) is 0. The first kappa shape index (κ1) is 14.4. The zero-order valence-corrected chi connectivity index (χ0v) is 11.9. The topological polar surface area (TPSA) is 71.6 Å². The van der Waals surface area contributed by atoms with E-state index in [4.69, 9.17) is 14.4 Å². The van der Waals surface area contributed by atoms with Crippen molar-refractivity contribution in [2.24, 2.45) is 5.92 Å². The molecule has 1 aromatic heterocycles. The minimum absolute atomic E-state index is 0.0473. The fourth-order valence-electron chi connectivity index (χ4n) is 2.18. The number of hydrogen-bond acceptors (Lipinski definition) is 6. The summed E-state index contributed by atoms with van der Waals surface area (Å²) in [5.41, 5.74) is 0. The second-order valence-electron chi connectivity index (χ2n) is 5.62. The van der Waals surface area contributed by atoms with Crippen LogP contribution in [0.15, 0.2) is 4.52 Å². The van der Waals surface area contributed by atoms with Gasteiger partial charge in [-0.05, 0) is 12.8 Å². The van der Waals surface area contributed by atoms with Crippen molar-refractivity contribution in [3.63, 3.8) is 0 Å². The summed E-state index contributed by atoms with van der Waals surface area (Å²) in [5, 5.41) is 13.2. The quantitative estimate of drug-likeness (QED) is 0.854. The Balaban J connectivity index is 1.93. The molecule has 2 unspecified atom stereocenters. The summed E-state index contributed by atoms with van der Waals surface area (Å²) in [6.45, 7) is 8.34. The molecule has 0 spiro atoms. The van der Waals surface area contributed by atoms with E-state index in [1.165, 1.54) is 0 Å². The second kappa shape index (κ2) is 6.45. The Morgan fingerprint density at radius 2 is 2.26 bits per heavy atom. The number of hydrogen-bond donors (Lipinski definition) is 1. The van der Waals surface area contributed by atoms with Crippen molar-refractivity contribution in [3.05, 3.63) is 11.7 Å². The van der Waals surface area contributed by atoms with Crippen LogP contribution < -0.4 is 0 Å². The van der Waals surface area contributed by atoms with Crippen LogP contribution in [0.5, 0.6) is 0 Å². The van der Waals surface area contributed by atoms with Crippen molar-refractivity contribution in [1.29, 1.82) is 0 Å². The summed E-state index contributed by atoms with van der Waals surface area (Å²) < 4.78 is 10.8. The van der Waals surface area contributed by atoms with Gasteiger partial charge in [-0.25, -0.2) is 0 Å². The fraction of sp³-hybridized carbons (Fsp3) is 0.846. The van der Waals surface area contributed by atoms with Crippen molar-refractivity contribution in [2.45, 2.75) is 45.9 Å². The Bertz CT molecular complexity index is 394. The molecule has 2 rings (SSSR count). The lowest BCUT2D eigenvalue weighted by Crippen LogP contribution is -2.48. The molecule has 2 atom stereocenters. The van der Waals surface area contributed by atoms with Gasteiger partial charge >= 0.3 is 0 Å². The lowest BCUT2D eigenvalue weighted by molar-refractivity contribution is -0.0827. The average molecular weight is 269 g/mol. The molecule has 1 aliphatic heterocycles. The Morgan fingerprint density at radius 1 is 1.47 bits per heavy atom. The summed E-state index contributed by atoms with van der Waals surface area (Å²) in [6, 6.07) is 0.295. The maximum atomic E-state index is 9.16. The molecule has 0 saturated carbocycles. The summed E-state index contributed by atoms with van der Waals surface area (Å²) >= 11 is 0. The zero-order chi connectivity index (χ0) is 13.8. The largest absolute Gasteiger partial charge is 0.394 e. The van der Waals surface area contributed by atoms with E-state index in [0.29, 0.717) is 37.5 Å². The van der Waals surface area contributed by atoms with Crippen LogP contribution in [0.1, 0.15) is 32.5 Å². The van der Waals surface area contributed by atoms with E-state index in [-0.39, 0.29) is 12.7 Å².